The van der Waals surface area contributed by atoms with E-state index in [0.29, 0.717) is 27.3 Å². The van der Waals surface area contributed by atoms with Crippen LogP contribution < -0.4 is 0 Å². The molecule has 7 nitrogen and oxygen atoms in total. The van der Waals surface area contributed by atoms with E-state index in [1.165, 1.54) is 40.1 Å². The number of nitro benzene ring substituents is 1. The van der Waals surface area contributed by atoms with Gasteiger partial charge in [0.25, 0.3) is 11.6 Å². The lowest BCUT2D eigenvalue weighted by atomic mass is 10.2. The average Bonchev–Trinajstić information content (AvgIpc) is 3.14. The van der Waals surface area contributed by atoms with E-state index in [9.17, 15) is 14.9 Å². The first-order chi connectivity index (χ1) is 12.5. The Morgan fingerprint density at radius 1 is 1.46 bits per heavy atom. The van der Waals surface area contributed by atoms with Crippen molar-refractivity contribution in [3.63, 3.8) is 0 Å². The maximum Gasteiger partial charge on any atom is 0.270 e. The van der Waals surface area contributed by atoms with Crippen molar-refractivity contribution in [1.29, 1.82) is 0 Å². The van der Waals surface area contributed by atoms with Crippen molar-refractivity contribution in [1.82, 2.24) is 9.88 Å². The highest BCUT2D eigenvalue weighted by Gasteiger charge is 2.32. The Kier molecular flexibility index (Phi) is 5.29. The summed E-state index contributed by atoms with van der Waals surface area (Å²) in [5.41, 5.74) is 1.43. The maximum atomic E-state index is 12.7. The van der Waals surface area contributed by atoms with E-state index in [4.69, 9.17) is 0 Å². The van der Waals surface area contributed by atoms with Gasteiger partial charge in [-0.15, -0.1) is 17.9 Å². The molecular formula is C17H14N4O3S2. The lowest BCUT2D eigenvalue weighted by Gasteiger charge is -2.11. The Hall–Kier alpha value is -2.78. The van der Waals surface area contributed by atoms with Crippen molar-refractivity contribution in [2.45, 2.75) is 6.92 Å². The standard InChI is InChI=1S/C17H14N4O3S2/c1-3-7-20-15(22)14(9-12-5-4-6-13(8-12)21(23)24)26-17(20)19-16-18-11(2)10-25-16/h3-6,8-10H,1,7H2,2H3/b14-9-,19-17+. The number of benzene rings is 1. The lowest BCUT2D eigenvalue weighted by molar-refractivity contribution is -0.384. The van der Waals surface area contributed by atoms with Crippen LogP contribution in [0.15, 0.2) is 52.2 Å². The molecule has 3 rings (SSSR count). The highest BCUT2D eigenvalue weighted by atomic mass is 32.2. The molecule has 1 aromatic carbocycles. The van der Waals surface area contributed by atoms with Crippen molar-refractivity contribution < 1.29 is 9.72 Å². The predicted molar refractivity (Wildman–Crippen MR) is 105 cm³/mol. The SMILES string of the molecule is C=CCN1C(=O)/C(=C/c2cccc([N+](=O)[O-])c2)S/C1=N/c1nc(C)cs1. The lowest BCUT2D eigenvalue weighted by Crippen LogP contribution is -2.29. The van der Waals surface area contributed by atoms with Crippen LogP contribution in [0, 0.1) is 17.0 Å². The fraction of sp³-hybridized carbons (Fsp3) is 0.118. The minimum Gasteiger partial charge on any atom is -0.282 e. The number of non-ortho nitro benzene ring substituents is 1. The molecule has 1 saturated heterocycles. The van der Waals surface area contributed by atoms with Gasteiger partial charge in [-0.2, -0.15) is 4.99 Å². The van der Waals surface area contributed by atoms with Crippen LogP contribution in [0.3, 0.4) is 0 Å². The zero-order chi connectivity index (χ0) is 18.7. The molecule has 1 fully saturated rings. The van der Waals surface area contributed by atoms with E-state index in [1.54, 1.807) is 24.3 Å². The van der Waals surface area contributed by atoms with Crippen LogP contribution in [0.5, 0.6) is 0 Å². The number of amides is 1. The third kappa shape index (κ3) is 3.89. The van der Waals surface area contributed by atoms with Gasteiger partial charge in [0.1, 0.15) is 0 Å². The first kappa shape index (κ1) is 18.0. The van der Waals surface area contributed by atoms with Gasteiger partial charge in [0, 0.05) is 24.1 Å². The molecule has 132 valence electrons. The minimum absolute atomic E-state index is 0.0232. The third-order valence-electron chi connectivity index (χ3n) is 3.38. The topological polar surface area (TPSA) is 88.7 Å². The van der Waals surface area contributed by atoms with E-state index in [1.807, 2.05) is 12.3 Å². The molecule has 26 heavy (non-hydrogen) atoms. The molecule has 2 aromatic rings. The Morgan fingerprint density at radius 3 is 2.92 bits per heavy atom. The van der Waals surface area contributed by atoms with Crippen LogP contribution >= 0.6 is 23.1 Å². The largest absolute Gasteiger partial charge is 0.282 e. The third-order valence-corrected chi connectivity index (χ3v) is 5.24. The summed E-state index contributed by atoms with van der Waals surface area (Å²) in [4.78, 5) is 33.8. The molecule has 1 aromatic heterocycles. The molecule has 9 heteroatoms. The normalized spacial score (nSPS) is 17.3. The molecular weight excluding hydrogens is 372 g/mol. The Morgan fingerprint density at radius 2 is 2.27 bits per heavy atom. The molecule has 0 saturated carbocycles. The molecule has 1 amide bonds. The summed E-state index contributed by atoms with van der Waals surface area (Å²) in [5.74, 6) is -0.214. The van der Waals surface area contributed by atoms with Gasteiger partial charge in [0.05, 0.1) is 15.5 Å². The van der Waals surface area contributed by atoms with Crippen LogP contribution in [-0.2, 0) is 4.79 Å². The summed E-state index contributed by atoms with van der Waals surface area (Å²) in [6.45, 7) is 5.88. The summed E-state index contributed by atoms with van der Waals surface area (Å²) in [6.07, 6.45) is 3.25. The molecule has 0 spiro atoms. The van der Waals surface area contributed by atoms with Crippen LogP contribution in [0.25, 0.3) is 6.08 Å². The summed E-state index contributed by atoms with van der Waals surface area (Å²) >= 11 is 2.61. The van der Waals surface area contributed by atoms with Gasteiger partial charge < -0.3 is 0 Å². The van der Waals surface area contributed by atoms with Crippen LogP contribution in [0.2, 0.25) is 0 Å². The Bertz CT molecular complexity index is 949. The van der Waals surface area contributed by atoms with Crippen molar-refractivity contribution in [3.05, 3.63) is 68.6 Å². The zero-order valence-corrected chi connectivity index (χ0v) is 15.4. The number of nitrogens with zero attached hydrogens (tertiary/aromatic N) is 4. The molecule has 2 heterocycles. The number of nitro groups is 1. The number of thioether (sulfide) groups is 1. The first-order valence-corrected chi connectivity index (χ1v) is 9.25. The smallest absolute Gasteiger partial charge is 0.270 e. The fourth-order valence-corrected chi connectivity index (χ4v) is 3.95. The van der Waals surface area contributed by atoms with Gasteiger partial charge in [-0.3, -0.25) is 19.8 Å². The molecule has 0 aliphatic carbocycles. The number of aliphatic imine (C=N–C) groups is 1. The molecule has 1 aliphatic rings. The highest BCUT2D eigenvalue weighted by Crippen LogP contribution is 2.35. The number of thiazole rings is 1. The number of hydrogen-bond donors (Lipinski definition) is 0. The number of amidine groups is 1. The van der Waals surface area contributed by atoms with Crippen molar-refractivity contribution >= 4 is 51.1 Å². The maximum absolute atomic E-state index is 12.7. The number of carbonyl (C=O) groups is 1. The van der Waals surface area contributed by atoms with E-state index in [2.05, 4.69) is 16.6 Å². The van der Waals surface area contributed by atoms with Gasteiger partial charge in [-0.1, -0.05) is 18.2 Å². The van der Waals surface area contributed by atoms with Crippen molar-refractivity contribution in [2.24, 2.45) is 4.99 Å². The summed E-state index contributed by atoms with van der Waals surface area (Å²) in [7, 11) is 0. The van der Waals surface area contributed by atoms with Gasteiger partial charge >= 0.3 is 0 Å². The van der Waals surface area contributed by atoms with E-state index < -0.39 is 4.92 Å². The second-order valence-corrected chi connectivity index (χ2v) is 7.18. The first-order valence-electron chi connectivity index (χ1n) is 7.55. The van der Waals surface area contributed by atoms with Crippen molar-refractivity contribution in [2.75, 3.05) is 6.54 Å². The summed E-state index contributed by atoms with van der Waals surface area (Å²) in [6, 6.07) is 6.14. The van der Waals surface area contributed by atoms with E-state index >= 15 is 0 Å². The molecule has 0 unspecified atom stereocenters. The molecule has 0 radical (unpaired) electrons. The summed E-state index contributed by atoms with van der Waals surface area (Å²) in [5, 5.41) is 13.9. The van der Waals surface area contributed by atoms with Crippen molar-refractivity contribution in [3.8, 4) is 0 Å². The number of carbonyl (C=O) groups excluding carboxylic acids is 1. The average molecular weight is 386 g/mol. The van der Waals surface area contributed by atoms with Gasteiger partial charge in [0.2, 0.25) is 5.13 Å². The monoisotopic (exact) mass is 386 g/mol. The zero-order valence-electron chi connectivity index (χ0n) is 13.8. The Balaban J connectivity index is 1.95. The number of aryl methyl sites for hydroxylation is 1. The fourth-order valence-electron chi connectivity index (χ4n) is 2.24. The quantitative estimate of drug-likeness (QED) is 0.333. The van der Waals surface area contributed by atoms with Gasteiger partial charge in [-0.05, 0) is 30.3 Å². The minimum atomic E-state index is -0.465. The van der Waals surface area contributed by atoms with Crippen LogP contribution in [0.4, 0.5) is 10.8 Å². The van der Waals surface area contributed by atoms with E-state index in [0.717, 1.165) is 5.69 Å². The second kappa shape index (κ2) is 7.63. The summed E-state index contributed by atoms with van der Waals surface area (Å²) < 4.78 is 0. The predicted octanol–water partition coefficient (Wildman–Crippen LogP) is 4.15. The van der Waals surface area contributed by atoms with Gasteiger partial charge in [-0.25, -0.2) is 4.98 Å². The number of hydrogen-bond acceptors (Lipinski definition) is 7. The highest BCUT2D eigenvalue weighted by molar-refractivity contribution is 8.18. The molecule has 1 aliphatic heterocycles. The molecule has 0 atom stereocenters. The van der Waals surface area contributed by atoms with E-state index in [-0.39, 0.29) is 11.6 Å². The molecule has 0 bridgehead atoms. The van der Waals surface area contributed by atoms with Crippen LogP contribution in [-0.4, -0.2) is 32.4 Å². The number of aromatic nitrogens is 1. The second-order valence-electron chi connectivity index (χ2n) is 5.33. The van der Waals surface area contributed by atoms with Gasteiger partial charge in [0.15, 0.2) is 5.17 Å². The number of rotatable bonds is 5. The molecule has 0 N–H and O–H groups in total. The van der Waals surface area contributed by atoms with Crippen LogP contribution in [0.1, 0.15) is 11.3 Å². The Labute approximate surface area is 157 Å².